The van der Waals surface area contributed by atoms with Gasteiger partial charge >= 0.3 is 0 Å². The van der Waals surface area contributed by atoms with Gasteiger partial charge in [0, 0.05) is 6.20 Å². The first-order chi connectivity index (χ1) is 9.03. The summed E-state index contributed by atoms with van der Waals surface area (Å²) in [6.07, 6.45) is 2.03. The summed E-state index contributed by atoms with van der Waals surface area (Å²) in [6.45, 7) is 1.67. The molecule has 6 nitrogen and oxygen atoms in total. The minimum absolute atomic E-state index is 0.0362. The van der Waals surface area contributed by atoms with Gasteiger partial charge in [-0.2, -0.15) is 4.72 Å². The predicted octanol–water partition coefficient (Wildman–Crippen LogP) is 1.53. The molecule has 7 heteroatoms. The van der Waals surface area contributed by atoms with E-state index in [2.05, 4.69) is 9.71 Å². The maximum absolute atomic E-state index is 12.0. The summed E-state index contributed by atoms with van der Waals surface area (Å²) in [5.41, 5.74) is 0.591. The summed E-state index contributed by atoms with van der Waals surface area (Å²) in [5.74, 6) is -0.0362. The van der Waals surface area contributed by atoms with Crippen LogP contribution in [0.5, 0.6) is 0 Å². The van der Waals surface area contributed by atoms with Crippen LogP contribution in [0.4, 0.5) is 0 Å². The molecule has 1 N–H and O–H groups in total. The van der Waals surface area contributed by atoms with Crippen molar-refractivity contribution >= 4 is 16.3 Å². The average Bonchev–Trinajstić information content (AvgIpc) is 2.89. The van der Waals surface area contributed by atoms with Crippen LogP contribution in [0.1, 0.15) is 29.2 Å². The molecule has 0 aliphatic carbocycles. The zero-order valence-electron chi connectivity index (χ0n) is 10.1. The van der Waals surface area contributed by atoms with Crippen molar-refractivity contribution in [2.45, 2.75) is 18.1 Å². The van der Waals surface area contributed by atoms with Crippen LogP contribution < -0.4 is 4.72 Å². The predicted molar refractivity (Wildman–Crippen MR) is 67.1 cm³/mol. The molecule has 1 atom stereocenters. The third kappa shape index (κ3) is 3.07. The van der Waals surface area contributed by atoms with E-state index in [1.807, 2.05) is 0 Å². The summed E-state index contributed by atoms with van der Waals surface area (Å²) in [5, 5.41) is -0.294. The maximum Gasteiger partial charge on any atom is 0.274 e. The number of hydrogen-bond donors (Lipinski definition) is 1. The molecule has 1 unspecified atom stereocenters. The van der Waals surface area contributed by atoms with E-state index in [1.54, 1.807) is 31.3 Å². The van der Waals surface area contributed by atoms with Crippen LogP contribution >= 0.6 is 0 Å². The van der Waals surface area contributed by atoms with Crippen LogP contribution in [0, 0.1) is 0 Å². The van der Waals surface area contributed by atoms with Gasteiger partial charge in [0.05, 0.1) is 11.7 Å². The van der Waals surface area contributed by atoms with E-state index in [4.69, 9.17) is 4.42 Å². The summed E-state index contributed by atoms with van der Waals surface area (Å²) >= 11 is 0. The Bertz CT molecular complexity index is 664. The highest BCUT2D eigenvalue weighted by atomic mass is 32.2. The summed E-state index contributed by atoms with van der Waals surface area (Å²) in [7, 11) is -3.81. The van der Waals surface area contributed by atoms with Crippen molar-refractivity contribution in [2.24, 2.45) is 0 Å². The standard InChI is InChI=1S/C12H12N2O4S/c1-9(11-4-2-3-7-13-11)14-19(16,17)12-6-5-10(8-15)18-12/h2-9,14H,1H3. The van der Waals surface area contributed by atoms with Crippen molar-refractivity contribution < 1.29 is 17.6 Å². The van der Waals surface area contributed by atoms with Gasteiger partial charge in [0.2, 0.25) is 5.09 Å². The van der Waals surface area contributed by atoms with Crippen molar-refractivity contribution in [3.8, 4) is 0 Å². The Balaban J connectivity index is 2.20. The number of sulfonamides is 1. The van der Waals surface area contributed by atoms with Gasteiger partial charge in [-0.05, 0) is 31.2 Å². The molecule has 2 heterocycles. The van der Waals surface area contributed by atoms with Gasteiger partial charge in [0.25, 0.3) is 10.0 Å². The van der Waals surface area contributed by atoms with E-state index in [1.165, 1.54) is 12.1 Å². The molecular formula is C12H12N2O4S. The van der Waals surface area contributed by atoms with Crippen molar-refractivity contribution in [3.05, 3.63) is 48.0 Å². The maximum atomic E-state index is 12.0. The van der Waals surface area contributed by atoms with Gasteiger partial charge in [-0.15, -0.1) is 0 Å². The van der Waals surface area contributed by atoms with Crippen molar-refractivity contribution in [3.63, 3.8) is 0 Å². The van der Waals surface area contributed by atoms with Crippen molar-refractivity contribution in [2.75, 3.05) is 0 Å². The van der Waals surface area contributed by atoms with Crippen LogP contribution in [0.15, 0.2) is 46.0 Å². The number of carbonyl (C=O) groups is 1. The van der Waals surface area contributed by atoms with Gasteiger partial charge in [-0.25, -0.2) is 8.42 Å². The smallest absolute Gasteiger partial charge is 0.274 e. The molecule has 0 fully saturated rings. The monoisotopic (exact) mass is 280 g/mol. The number of rotatable bonds is 5. The summed E-state index contributed by atoms with van der Waals surface area (Å²) < 4.78 is 31.3. The van der Waals surface area contributed by atoms with Gasteiger partial charge in [0.15, 0.2) is 12.0 Å². The third-order valence-corrected chi connectivity index (χ3v) is 3.86. The lowest BCUT2D eigenvalue weighted by Gasteiger charge is -2.11. The molecule has 0 saturated carbocycles. The molecule has 100 valence electrons. The fraction of sp³-hybridized carbons (Fsp3) is 0.167. The molecule has 0 aliphatic heterocycles. The fourth-order valence-corrected chi connectivity index (χ4v) is 2.68. The minimum atomic E-state index is -3.81. The lowest BCUT2D eigenvalue weighted by Crippen LogP contribution is -2.27. The van der Waals surface area contributed by atoms with Crippen LogP contribution in [-0.4, -0.2) is 19.7 Å². The van der Waals surface area contributed by atoms with E-state index < -0.39 is 16.1 Å². The number of furan rings is 1. The molecule has 0 amide bonds. The number of pyridine rings is 1. The zero-order chi connectivity index (χ0) is 13.9. The molecule has 0 bridgehead atoms. The molecule has 0 aromatic carbocycles. The first-order valence-electron chi connectivity index (χ1n) is 5.51. The summed E-state index contributed by atoms with van der Waals surface area (Å²) in [6, 6.07) is 7.25. The van der Waals surface area contributed by atoms with Crippen molar-refractivity contribution in [1.29, 1.82) is 0 Å². The Morgan fingerprint density at radius 3 is 2.68 bits per heavy atom. The van der Waals surface area contributed by atoms with E-state index in [0.717, 1.165) is 0 Å². The van der Waals surface area contributed by atoms with Gasteiger partial charge in [-0.1, -0.05) is 6.07 Å². The zero-order valence-corrected chi connectivity index (χ0v) is 10.9. The molecule has 19 heavy (non-hydrogen) atoms. The van der Waals surface area contributed by atoms with Gasteiger partial charge in [0.1, 0.15) is 0 Å². The fourth-order valence-electron chi connectivity index (χ4n) is 1.53. The molecule has 2 aromatic rings. The second-order valence-electron chi connectivity index (χ2n) is 3.87. The SMILES string of the molecule is CC(NS(=O)(=O)c1ccc(C=O)o1)c1ccccn1. The van der Waals surface area contributed by atoms with E-state index in [-0.39, 0.29) is 10.9 Å². The van der Waals surface area contributed by atoms with Crippen LogP contribution in [0.3, 0.4) is 0 Å². The second kappa shape index (κ2) is 5.33. The number of aldehydes is 1. The minimum Gasteiger partial charge on any atom is -0.440 e. The molecule has 2 rings (SSSR count). The normalized spacial score (nSPS) is 13.1. The Hall–Kier alpha value is -1.99. The van der Waals surface area contributed by atoms with Crippen molar-refractivity contribution in [1.82, 2.24) is 9.71 Å². The summed E-state index contributed by atoms with van der Waals surface area (Å²) in [4.78, 5) is 14.5. The molecular weight excluding hydrogens is 268 g/mol. The number of hydrogen-bond acceptors (Lipinski definition) is 5. The lowest BCUT2D eigenvalue weighted by molar-refractivity contribution is 0.109. The second-order valence-corrected chi connectivity index (χ2v) is 5.52. The topological polar surface area (TPSA) is 89.3 Å². The van der Waals surface area contributed by atoms with Crippen LogP contribution in [-0.2, 0) is 10.0 Å². The Morgan fingerprint density at radius 2 is 2.11 bits per heavy atom. The molecule has 0 radical (unpaired) electrons. The largest absolute Gasteiger partial charge is 0.440 e. The number of carbonyl (C=O) groups excluding carboxylic acids is 1. The number of nitrogens with one attached hydrogen (secondary N) is 1. The Kier molecular flexibility index (Phi) is 3.77. The molecule has 0 spiro atoms. The molecule has 0 aliphatic rings. The molecule has 0 saturated heterocycles. The lowest BCUT2D eigenvalue weighted by atomic mass is 10.2. The van der Waals surface area contributed by atoms with Crippen LogP contribution in [0.2, 0.25) is 0 Å². The van der Waals surface area contributed by atoms with E-state index >= 15 is 0 Å². The van der Waals surface area contributed by atoms with Crippen LogP contribution in [0.25, 0.3) is 0 Å². The van der Waals surface area contributed by atoms with E-state index in [0.29, 0.717) is 12.0 Å². The Labute approximate surface area is 110 Å². The first-order valence-corrected chi connectivity index (χ1v) is 6.99. The van der Waals surface area contributed by atoms with Gasteiger partial charge in [-0.3, -0.25) is 9.78 Å². The van der Waals surface area contributed by atoms with E-state index in [9.17, 15) is 13.2 Å². The number of aromatic nitrogens is 1. The third-order valence-electron chi connectivity index (χ3n) is 2.45. The highest BCUT2D eigenvalue weighted by Crippen LogP contribution is 2.16. The Morgan fingerprint density at radius 1 is 1.32 bits per heavy atom. The quantitative estimate of drug-likeness (QED) is 0.839. The molecule has 2 aromatic heterocycles. The highest BCUT2D eigenvalue weighted by molar-refractivity contribution is 7.89. The average molecular weight is 280 g/mol. The first kappa shape index (κ1) is 13.4. The number of nitrogens with zero attached hydrogens (tertiary/aromatic N) is 1. The highest BCUT2D eigenvalue weighted by Gasteiger charge is 2.22. The van der Waals surface area contributed by atoms with Gasteiger partial charge < -0.3 is 4.42 Å².